The van der Waals surface area contributed by atoms with E-state index in [9.17, 15) is 4.39 Å². The molecule has 0 spiro atoms. The highest BCUT2D eigenvalue weighted by Crippen LogP contribution is 2.15. The zero-order valence-corrected chi connectivity index (χ0v) is 14.1. The largest absolute Gasteiger partial charge is 0.505 e. The van der Waals surface area contributed by atoms with Crippen molar-refractivity contribution in [1.82, 2.24) is 10.6 Å². The van der Waals surface area contributed by atoms with Crippen molar-refractivity contribution in [3.63, 3.8) is 0 Å². The van der Waals surface area contributed by atoms with Crippen LogP contribution in [0.3, 0.4) is 0 Å². The van der Waals surface area contributed by atoms with Crippen molar-refractivity contribution in [1.29, 1.82) is 0 Å². The summed E-state index contributed by atoms with van der Waals surface area (Å²) in [6, 6.07) is 4.38. The van der Waals surface area contributed by atoms with Crippen molar-refractivity contribution in [2.75, 3.05) is 20.8 Å². The van der Waals surface area contributed by atoms with Gasteiger partial charge in [-0.2, -0.15) is 0 Å². The molecule has 0 bridgehead atoms. The summed E-state index contributed by atoms with van der Waals surface area (Å²) in [6.45, 7) is 2.95. The van der Waals surface area contributed by atoms with Gasteiger partial charge in [-0.05, 0) is 24.6 Å². The normalized spacial score (nSPS) is 12.5. The molecule has 7 heteroatoms. The van der Waals surface area contributed by atoms with Crippen LogP contribution in [-0.2, 0) is 11.3 Å². The number of aromatic hydroxyl groups is 1. The first kappa shape index (κ1) is 18.9. The first-order valence-electron chi connectivity index (χ1n) is 6.00. The van der Waals surface area contributed by atoms with E-state index in [1.165, 1.54) is 12.1 Å². The summed E-state index contributed by atoms with van der Waals surface area (Å²) in [5, 5.41) is 15.3. The van der Waals surface area contributed by atoms with Gasteiger partial charge in [0.1, 0.15) is 0 Å². The molecule has 0 radical (unpaired) electrons. The molecule has 1 atom stereocenters. The molecule has 0 saturated carbocycles. The lowest BCUT2D eigenvalue weighted by atomic mass is 10.2. The number of aliphatic imine (C=N–C) groups is 1. The van der Waals surface area contributed by atoms with E-state index in [2.05, 4.69) is 15.6 Å². The standard InChI is InChI=1S/C13H20FN3O2.HI/c1-9(8-19-3)17-13(15-2)16-7-10-4-5-12(18)11(14)6-10;/h4-6,9,18H,7-8H2,1-3H3,(H2,15,16,17);1H. The van der Waals surface area contributed by atoms with Crippen molar-refractivity contribution in [3.8, 4) is 5.75 Å². The van der Waals surface area contributed by atoms with Crippen molar-refractivity contribution in [3.05, 3.63) is 29.6 Å². The van der Waals surface area contributed by atoms with E-state index < -0.39 is 5.82 Å². The maximum absolute atomic E-state index is 13.2. The molecular formula is C13H21FIN3O2. The topological polar surface area (TPSA) is 65.9 Å². The zero-order valence-electron chi connectivity index (χ0n) is 11.8. The predicted octanol–water partition coefficient (Wildman–Crippen LogP) is 1.85. The maximum Gasteiger partial charge on any atom is 0.191 e. The highest BCUT2D eigenvalue weighted by atomic mass is 127. The Morgan fingerprint density at radius 3 is 2.75 bits per heavy atom. The third-order valence-corrected chi connectivity index (χ3v) is 2.50. The molecule has 3 N–H and O–H groups in total. The highest BCUT2D eigenvalue weighted by Gasteiger charge is 2.05. The molecule has 0 heterocycles. The van der Waals surface area contributed by atoms with Crippen LogP contribution in [0.5, 0.6) is 5.75 Å². The predicted molar refractivity (Wildman–Crippen MR) is 88.2 cm³/mol. The minimum Gasteiger partial charge on any atom is -0.505 e. The van der Waals surface area contributed by atoms with E-state index in [1.54, 1.807) is 20.2 Å². The zero-order chi connectivity index (χ0) is 14.3. The number of benzene rings is 1. The fourth-order valence-electron chi connectivity index (χ4n) is 1.57. The Hall–Kier alpha value is -1.09. The average molecular weight is 397 g/mol. The summed E-state index contributed by atoms with van der Waals surface area (Å²) in [6.07, 6.45) is 0. The van der Waals surface area contributed by atoms with Crippen LogP contribution >= 0.6 is 24.0 Å². The molecule has 1 unspecified atom stereocenters. The number of guanidine groups is 1. The van der Waals surface area contributed by atoms with Gasteiger partial charge >= 0.3 is 0 Å². The van der Waals surface area contributed by atoms with Crippen LogP contribution in [-0.4, -0.2) is 37.9 Å². The molecule has 1 rings (SSSR count). The molecule has 0 fully saturated rings. The van der Waals surface area contributed by atoms with Crippen LogP contribution < -0.4 is 10.6 Å². The third kappa shape index (κ3) is 6.38. The molecule has 0 aliphatic carbocycles. The van der Waals surface area contributed by atoms with E-state index in [-0.39, 0.29) is 35.8 Å². The van der Waals surface area contributed by atoms with Crippen molar-refractivity contribution in [2.24, 2.45) is 4.99 Å². The number of phenolic OH excluding ortho intramolecular Hbond substituents is 1. The minimum atomic E-state index is -0.630. The molecule has 114 valence electrons. The molecule has 5 nitrogen and oxygen atoms in total. The maximum atomic E-state index is 13.2. The third-order valence-electron chi connectivity index (χ3n) is 2.50. The van der Waals surface area contributed by atoms with Gasteiger partial charge in [0.15, 0.2) is 17.5 Å². The monoisotopic (exact) mass is 397 g/mol. The van der Waals surface area contributed by atoms with E-state index in [0.29, 0.717) is 19.1 Å². The van der Waals surface area contributed by atoms with Gasteiger partial charge in [0.25, 0.3) is 0 Å². The summed E-state index contributed by atoms with van der Waals surface area (Å²) < 4.78 is 18.2. The van der Waals surface area contributed by atoms with Crippen LogP contribution in [0.25, 0.3) is 0 Å². The Morgan fingerprint density at radius 1 is 1.50 bits per heavy atom. The van der Waals surface area contributed by atoms with Crippen molar-refractivity contribution < 1.29 is 14.2 Å². The number of rotatable bonds is 5. The number of ether oxygens (including phenoxy) is 1. The van der Waals surface area contributed by atoms with Gasteiger partial charge in [0.2, 0.25) is 0 Å². The summed E-state index contributed by atoms with van der Waals surface area (Å²) in [5.74, 6) is -0.368. The van der Waals surface area contributed by atoms with Crippen LogP contribution in [0.2, 0.25) is 0 Å². The molecule has 0 aromatic heterocycles. The fourth-order valence-corrected chi connectivity index (χ4v) is 1.57. The number of nitrogens with one attached hydrogen (secondary N) is 2. The number of phenols is 1. The number of halogens is 2. The van der Waals surface area contributed by atoms with Gasteiger partial charge in [0, 0.05) is 26.7 Å². The van der Waals surface area contributed by atoms with E-state index in [4.69, 9.17) is 9.84 Å². The lowest BCUT2D eigenvalue weighted by Crippen LogP contribution is -2.43. The highest BCUT2D eigenvalue weighted by molar-refractivity contribution is 14.0. The molecule has 1 aromatic carbocycles. The summed E-state index contributed by atoms with van der Waals surface area (Å²) in [5.41, 5.74) is 0.720. The Bertz CT molecular complexity index is 444. The molecular weight excluding hydrogens is 376 g/mol. The second-order valence-corrected chi connectivity index (χ2v) is 4.21. The van der Waals surface area contributed by atoms with Gasteiger partial charge in [-0.25, -0.2) is 4.39 Å². The Morgan fingerprint density at radius 2 is 2.20 bits per heavy atom. The summed E-state index contributed by atoms with van der Waals surface area (Å²) in [4.78, 5) is 4.06. The van der Waals surface area contributed by atoms with E-state index in [1.807, 2.05) is 6.92 Å². The summed E-state index contributed by atoms with van der Waals surface area (Å²) >= 11 is 0. The van der Waals surface area contributed by atoms with Gasteiger partial charge in [0.05, 0.1) is 6.61 Å². The fraction of sp³-hybridized carbons (Fsp3) is 0.462. The van der Waals surface area contributed by atoms with Gasteiger partial charge < -0.3 is 20.5 Å². The lowest BCUT2D eigenvalue weighted by Gasteiger charge is -2.17. The van der Waals surface area contributed by atoms with Crippen LogP contribution in [0.4, 0.5) is 4.39 Å². The van der Waals surface area contributed by atoms with Crippen LogP contribution in [0.1, 0.15) is 12.5 Å². The molecule has 0 aliphatic heterocycles. The smallest absolute Gasteiger partial charge is 0.191 e. The van der Waals surface area contributed by atoms with Crippen LogP contribution in [0, 0.1) is 5.82 Å². The van der Waals surface area contributed by atoms with Gasteiger partial charge in [-0.3, -0.25) is 4.99 Å². The quantitative estimate of drug-likeness (QED) is 0.403. The average Bonchev–Trinajstić information content (AvgIpc) is 2.38. The van der Waals surface area contributed by atoms with E-state index >= 15 is 0 Å². The van der Waals surface area contributed by atoms with Gasteiger partial charge in [-0.1, -0.05) is 6.07 Å². The van der Waals surface area contributed by atoms with Crippen LogP contribution in [0.15, 0.2) is 23.2 Å². The molecule has 1 aromatic rings. The minimum absolute atomic E-state index is 0. The number of methoxy groups -OCH3 is 1. The first-order valence-corrected chi connectivity index (χ1v) is 6.00. The SMILES string of the molecule is CN=C(NCc1ccc(O)c(F)c1)NC(C)COC.I. The Labute approximate surface area is 135 Å². The number of nitrogens with zero attached hydrogens (tertiary/aromatic N) is 1. The Kier molecular flexibility index (Phi) is 9.23. The van der Waals surface area contributed by atoms with E-state index in [0.717, 1.165) is 5.56 Å². The lowest BCUT2D eigenvalue weighted by molar-refractivity contribution is 0.179. The second kappa shape index (κ2) is 9.76. The molecule has 0 aliphatic rings. The van der Waals surface area contributed by atoms with Gasteiger partial charge in [-0.15, -0.1) is 24.0 Å². The summed E-state index contributed by atoms with van der Waals surface area (Å²) in [7, 11) is 3.29. The first-order chi connectivity index (χ1) is 9.06. The molecule has 20 heavy (non-hydrogen) atoms. The second-order valence-electron chi connectivity index (χ2n) is 4.21. The Balaban J connectivity index is 0.00000361. The molecule has 0 saturated heterocycles. The molecule has 0 amide bonds. The number of hydrogen-bond donors (Lipinski definition) is 3. The number of hydrogen-bond acceptors (Lipinski definition) is 3. The van der Waals surface area contributed by atoms with Crippen molar-refractivity contribution >= 4 is 29.9 Å². The van der Waals surface area contributed by atoms with Crippen molar-refractivity contribution in [2.45, 2.75) is 19.5 Å².